The molecule has 1 rings (SSSR count). The summed E-state index contributed by atoms with van der Waals surface area (Å²) in [6.45, 7) is 5.16. The minimum Gasteiger partial charge on any atom is -0.460 e. The van der Waals surface area contributed by atoms with E-state index < -0.39 is 4.92 Å². The zero-order valence-electron chi connectivity index (χ0n) is 7.69. The molecule has 0 aromatic heterocycles. The average molecular weight is 194 g/mol. The molecule has 0 saturated carbocycles. The maximum atomic E-state index is 10.4. The quantitative estimate of drug-likeness (QED) is 0.346. The summed E-state index contributed by atoms with van der Waals surface area (Å²) in [6, 6.07) is 4.01. The van der Waals surface area contributed by atoms with Crippen molar-refractivity contribution in [3.8, 4) is 5.75 Å². The number of ether oxygens (including phenoxy) is 1. The van der Waals surface area contributed by atoms with Gasteiger partial charge in [-0.2, -0.15) is 0 Å². The number of non-ortho nitro benzene ring substituents is 1. The second-order valence-electron chi connectivity index (χ2n) is 2.78. The van der Waals surface area contributed by atoms with Gasteiger partial charge in [-0.25, -0.2) is 0 Å². The summed E-state index contributed by atoms with van der Waals surface area (Å²) >= 11 is 0. The Morgan fingerprint density at radius 2 is 2.29 bits per heavy atom. The highest BCUT2D eigenvalue weighted by Crippen LogP contribution is 2.27. The van der Waals surface area contributed by atoms with Gasteiger partial charge in [-0.1, -0.05) is 6.58 Å². The molecule has 74 valence electrons. The largest absolute Gasteiger partial charge is 0.460 e. The number of hydrogen-bond donors (Lipinski definition) is 1. The summed E-state index contributed by atoms with van der Waals surface area (Å²) in [4.78, 5) is 9.93. The highest BCUT2D eigenvalue weighted by atomic mass is 16.6. The molecule has 0 spiro atoms. The normalized spacial score (nSPS) is 9.50. The topological polar surface area (TPSA) is 78.4 Å². The van der Waals surface area contributed by atoms with E-state index in [0.29, 0.717) is 11.4 Å². The summed E-state index contributed by atoms with van der Waals surface area (Å²) in [6.07, 6.45) is 0. The van der Waals surface area contributed by atoms with Crippen LogP contribution in [-0.4, -0.2) is 4.92 Å². The molecule has 0 bridgehead atoms. The molecule has 0 fully saturated rings. The number of benzene rings is 1. The summed E-state index contributed by atoms with van der Waals surface area (Å²) in [5.41, 5.74) is 5.84. The third-order valence-corrected chi connectivity index (χ3v) is 1.49. The van der Waals surface area contributed by atoms with Crippen molar-refractivity contribution >= 4 is 11.4 Å². The van der Waals surface area contributed by atoms with Crippen molar-refractivity contribution in [2.75, 3.05) is 5.73 Å². The lowest BCUT2D eigenvalue weighted by Gasteiger charge is -2.06. The van der Waals surface area contributed by atoms with E-state index >= 15 is 0 Å². The average Bonchev–Trinajstić information content (AvgIpc) is 2.07. The fraction of sp³-hybridized carbons (Fsp3) is 0.111. The van der Waals surface area contributed by atoms with Crippen molar-refractivity contribution in [3.05, 3.63) is 40.7 Å². The second kappa shape index (κ2) is 3.78. The molecule has 0 heterocycles. The van der Waals surface area contributed by atoms with Crippen LogP contribution in [0.4, 0.5) is 11.4 Å². The summed E-state index contributed by atoms with van der Waals surface area (Å²) in [5.74, 6) is 0.684. The molecule has 14 heavy (non-hydrogen) atoms. The lowest BCUT2D eigenvalue weighted by atomic mass is 10.2. The fourth-order valence-electron chi connectivity index (χ4n) is 0.913. The SMILES string of the molecule is C=C(C)Oc1cc([N+](=O)[O-])ccc1N. The molecule has 5 nitrogen and oxygen atoms in total. The molecule has 1 aromatic carbocycles. The molecule has 2 N–H and O–H groups in total. The smallest absolute Gasteiger partial charge is 0.273 e. The maximum absolute atomic E-state index is 10.4. The van der Waals surface area contributed by atoms with E-state index in [2.05, 4.69) is 6.58 Å². The third-order valence-electron chi connectivity index (χ3n) is 1.49. The Labute approximate surface area is 80.9 Å². The molecule has 0 aliphatic carbocycles. The standard InChI is InChI=1S/C9H10N2O3/c1-6(2)14-9-5-7(11(12)13)3-4-8(9)10/h3-5H,1,10H2,2H3. The van der Waals surface area contributed by atoms with Gasteiger partial charge >= 0.3 is 0 Å². The predicted octanol–water partition coefficient (Wildman–Crippen LogP) is 2.09. The maximum Gasteiger partial charge on any atom is 0.273 e. The molecular formula is C9H10N2O3. The first-order chi connectivity index (χ1) is 6.50. The summed E-state index contributed by atoms with van der Waals surface area (Å²) in [7, 11) is 0. The first-order valence-electron chi connectivity index (χ1n) is 3.88. The number of allylic oxidation sites excluding steroid dienone is 1. The number of nitrogens with two attached hydrogens (primary N) is 1. The van der Waals surface area contributed by atoms with Crippen LogP contribution in [-0.2, 0) is 0 Å². The van der Waals surface area contributed by atoms with Gasteiger partial charge in [-0.3, -0.25) is 10.1 Å². The molecule has 0 atom stereocenters. The van der Waals surface area contributed by atoms with Crippen LogP contribution in [0.25, 0.3) is 0 Å². The van der Waals surface area contributed by atoms with Crippen molar-refractivity contribution in [1.29, 1.82) is 0 Å². The number of hydrogen-bond acceptors (Lipinski definition) is 4. The van der Waals surface area contributed by atoms with E-state index in [1.54, 1.807) is 6.92 Å². The molecule has 5 heteroatoms. The van der Waals surface area contributed by atoms with Crippen LogP contribution in [0, 0.1) is 10.1 Å². The van der Waals surface area contributed by atoms with Crippen molar-refractivity contribution in [2.24, 2.45) is 0 Å². The van der Waals surface area contributed by atoms with E-state index in [4.69, 9.17) is 10.5 Å². The number of anilines is 1. The molecule has 1 aromatic rings. The summed E-state index contributed by atoms with van der Waals surface area (Å²) < 4.78 is 5.11. The molecule has 0 saturated heterocycles. The van der Waals surface area contributed by atoms with E-state index in [0.717, 1.165) is 0 Å². The van der Waals surface area contributed by atoms with E-state index in [1.165, 1.54) is 18.2 Å². The van der Waals surface area contributed by atoms with Crippen LogP contribution in [0.15, 0.2) is 30.5 Å². The van der Waals surface area contributed by atoms with Crippen LogP contribution >= 0.6 is 0 Å². The van der Waals surface area contributed by atoms with E-state index in [-0.39, 0.29) is 11.4 Å². The van der Waals surface area contributed by atoms with E-state index in [9.17, 15) is 10.1 Å². The number of nitrogens with zero attached hydrogens (tertiary/aromatic N) is 1. The third kappa shape index (κ3) is 2.22. The van der Waals surface area contributed by atoms with Crippen molar-refractivity contribution in [1.82, 2.24) is 0 Å². The highest BCUT2D eigenvalue weighted by molar-refractivity contribution is 5.57. The van der Waals surface area contributed by atoms with Gasteiger partial charge in [0.2, 0.25) is 0 Å². The van der Waals surface area contributed by atoms with E-state index in [1.807, 2.05) is 0 Å². The first-order valence-corrected chi connectivity index (χ1v) is 3.88. The Hall–Kier alpha value is -2.04. The first kappa shape index (κ1) is 10.0. The molecule has 0 amide bonds. The number of nitro benzene ring substituents is 1. The molecule has 0 radical (unpaired) electrons. The van der Waals surface area contributed by atoms with Crippen molar-refractivity contribution < 1.29 is 9.66 Å². The van der Waals surface area contributed by atoms with Crippen LogP contribution in [0.1, 0.15) is 6.92 Å². The van der Waals surface area contributed by atoms with Crippen molar-refractivity contribution in [3.63, 3.8) is 0 Å². The van der Waals surface area contributed by atoms with Crippen LogP contribution in [0.3, 0.4) is 0 Å². The van der Waals surface area contributed by atoms with Crippen LogP contribution in [0.5, 0.6) is 5.75 Å². The Morgan fingerprint density at radius 3 is 2.79 bits per heavy atom. The lowest BCUT2D eigenvalue weighted by molar-refractivity contribution is -0.384. The van der Waals surface area contributed by atoms with Gasteiger partial charge in [0.05, 0.1) is 22.4 Å². The Balaban J connectivity index is 3.08. The van der Waals surface area contributed by atoms with Crippen LogP contribution in [0.2, 0.25) is 0 Å². The van der Waals surface area contributed by atoms with Gasteiger partial charge < -0.3 is 10.5 Å². The van der Waals surface area contributed by atoms with Gasteiger partial charge in [-0.15, -0.1) is 0 Å². The zero-order chi connectivity index (χ0) is 10.7. The molecular weight excluding hydrogens is 184 g/mol. The minimum absolute atomic E-state index is 0.0598. The Bertz CT molecular complexity index is 388. The van der Waals surface area contributed by atoms with Gasteiger partial charge in [0.1, 0.15) is 0 Å². The van der Waals surface area contributed by atoms with Gasteiger partial charge in [0.15, 0.2) is 5.75 Å². The van der Waals surface area contributed by atoms with Crippen molar-refractivity contribution in [2.45, 2.75) is 6.92 Å². The number of nitro groups is 1. The molecule has 0 unspecified atom stereocenters. The highest BCUT2D eigenvalue weighted by Gasteiger charge is 2.09. The Morgan fingerprint density at radius 1 is 1.64 bits per heavy atom. The number of rotatable bonds is 3. The lowest BCUT2D eigenvalue weighted by Crippen LogP contribution is -1.96. The van der Waals surface area contributed by atoms with Crippen LogP contribution < -0.4 is 10.5 Å². The zero-order valence-corrected chi connectivity index (χ0v) is 7.69. The Kier molecular flexibility index (Phi) is 2.71. The molecule has 0 aliphatic rings. The number of nitrogen functional groups attached to an aromatic ring is 1. The fourth-order valence-corrected chi connectivity index (χ4v) is 0.913. The molecule has 0 aliphatic heterocycles. The summed E-state index contributed by atoms with van der Waals surface area (Å²) in [5, 5.41) is 10.4. The monoisotopic (exact) mass is 194 g/mol. The predicted molar refractivity (Wildman–Crippen MR) is 53.0 cm³/mol. The second-order valence-corrected chi connectivity index (χ2v) is 2.78. The van der Waals surface area contributed by atoms with Gasteiger partial charge in [-0.05, 0) is 13.0 Å². The van der Waals surface area contributed by atoms with Gasteiger partial charge in [0, 0.05) is 6.07 Å². The minimum atomic E-state index is -0.509. The van der Waals surface area contributed by atoms with Gasteiger partial charge in [0.25, 0.3) is 5.69 Å².